The lowest BCUT2D eigenvalue weighted by molar-refractivity contribution is 0.263. The van der Waals surface area contributed by atoms with Crippen LogP contribution in [0.3, 0.4) is 0 Å². The number of nitrogens with zero attached hydrogens (tertiary/aromatic N) is 2. The van der Waals surface area contributed by atoms with Gasteiger partial charge in [-0.05, 0) is 62.1 Å². The molecule has 2 aromatic rings. The Morgan fingerprint density at radius 3 is 1.52 bits per heavy atom. The zero-order chi connectivity index (χ0) is 20.4. The van der Waals surface area contributed by atoms with Gasteiger partial charge in [0.1, 0.15) is 18.6 Å². The highest BCUT2D eigenvalue weighted by molar-refractivity contribution is 6.30. The lowest BCUT2D eigenvalue weighted by Gasteiger charge is -2.22. The normalized spacial score (nSPS) is 21.4. The van der Waals surface area contributed by atoms with Crippen LogP contribution in [0.2, 0.25) is 10.0 Å². The minimum Gasteiger partial charge on any atom is -0.478 e. The summed E-state index contributed by atoms with van der Waals surface area (Å²) in [6, 6.07) is 16.0. The summed E-state index contributed by atoms with van der Waals surface area (Å²) in [7, 11) is 0. The summed E-state index contributed by atoms with van der Waals surface area (Å²) in [4.78, 5) is 9.65. The molecule has 6 heteroatoms. The maximum Gasteiger partial charge on any atom is 0.199 e. The number of hydrogen-bond donors (Lipinski definition) is 0. The molecule has 0 aliphatic carbocycles. The molecule has 0 amide bonds. The molecule has 0 fully saturated rings. The fourth-order valence-electron chi connectivity index (χ4n) is 3.60. The first-order valence-electron chi connectivity index (χ1n) is 9.81. The maximum atomic E-state index is 5.97. The van der Waals surface area contributed by atoms with Gasteiger partial charge in [-0.2, -0.15) is 0 Å². The molecule has 4 nitrogen and oxygen atoms in total. The van der Waals surface area contributed by atoms with Crippen molar-refractivity contribution in [2.24, 2.45) is 15.4 Å². The van der Waals surface area contributed by atoms with E-state index in [2.05, 4.69) is 13.8 Å². The molecule has 0 radical (unpaired) electrons. The Hall–Kier alpha value is -2.04. The van der Waals surface area contributed by atoms with Crippen molar-refractivity contribution < 1.29 is 9.47 Å². The van der Waals surface area contributed by atoms with E-state index < -0.39 is 5.41 Å². The van der Waals surface area contributed by atoms with Crippen LogP contribution in [0.1, 0.15) is 25.0 Å². The van der Waals surface area contributed by atoms with E-state index in [0.717, 1.165) is 22.9 Å². The number of rotatable bonds is 6. The monoisotopic (exact) mass is 430 g/mol. The van der Waals surface area contributed by atoms with Crippen LogP contribution >= 0.6 is 23.2 Å². The third-order valence-corrected chi connectivity index (χ3v) is 5.77. The van der Waals surface area contributed by atoms with Crippen LogP contribution in [-0.2, 0) is 22.3 Å². The van der Waals surface area contributed by atoms with Gasteiger partial charge in [-0.25, -0.2) is 9.98 Å². The first-order chi connectivity index (χ1) is 13.9. The highest BCUT2D eigenvalue weighted by Gasteiger charge is 2.41. The van der Waals surface area contributed by atoms with Crippen molar-refractivity contribution in [3.63, 3.8) is 0 Å². The van der Waals surface area contributed by atoms with Crippen molar-refractivity contribution in [3.05, 3.63) is 69.7 Å². The molecule has 0 aromatic heterocycles. The lowest BCUT2D eigenvalue weighted by atomic mass is 9.93. The van der Waals surface area contributed by atoms with Gasteiger partial charge in [0.2, 0.25) is 0 Å². The summed E-state index contributed by atoms with van der Waals surface area (Å²) >= 11 is 11.9. The van der Waals surface area contributed by atoms with Crippen LogP contribution in [0.25, 0.3) is 0 Å². The molecule has 2 aromatic carbocycles. The summed E-state index contributed by atoms with van der Waals surface area (Å²) in [6.07, 6.45) is 1.65. The van der Waals surface area contributed by atoms with Crippen molar-refractivity contribution in [3.8, 4) is 0 Å². The van der Waals surface area contributed by atoms with E-state index in [4.69, 9.17) is 42.7 Å². The fourth-order valence-corrected chi connectivity index (χ4v) is 3.85. The van der Waals surface area contributed by atoms with Gasteiger partial charge < -0.3 is 9.47 Å². The number of hydrogen-bond acceptors (Lipinski definition) is 4. The minimum atomic E-state index is -0.483. The lowest BCUT2D eigenvalue weighted by Crippen LogP contribution is -2.34. The molecule has 0 spiro atoms. The average Bonchev–Trinajstić information content (AvgIpc) is 3.36. The molecular weight excluding hydrogens is 407 g/mol. The first-order valence-corrected chi connectivity index (χ1v) is 10.6. The largest absolute Gasteiger partial charge is 0.478 e. The number of ether oxygens (including phenoxy) is 2. The number of aliphatic imine (C=N–C) groups is 2. The van der Waals surface area contributed by atoms with Crippen molar-refractivity contribution in [1.29, 1.82) is 0 Å². The Bertz CT molecular complexity index is 845. The predicted molar refractivity (Wildman–Crippen MR) is 118 cm³/mol. The highest BCUT2D eigenvalue weighted by atomic mass is 35.5. The van der Waals surface area contributed by atoms with E-state index in [9.17, 15) is 0 Å². The van der Waals surface area contributed by atoms with E-state index >= 15 is 0 Å². The number of halogens is 2. The molecule has 0 saturated heterocycles. The van der Waals surface area contributed by atoms with Crippen LogP contribution in [-0.4, -0.2) is 37.1 Å². The smallest absolute Gasteiger partial charge is 0.199 e. The molecule has 4 rings (SSSR count). The van der Waals surface area contributed by atoms with Crippen LogP contribution < -0.4 is 0 Å². The Labute approximate surface area is 181 Å². The second-order valence-corrected chi connectivity index (χ2v) is 8.96. The Morgan fingerprint density at radius 1 is 0.759 bits per heavy atom. The molecule has 29 heavy (non-hydrogen) atoms. The molecule has 2 aliphatic rings. The third-order valence-electron chi connectivity index (χ3n) is 5.26. The zero-order valence-electron chi connectivity index (χ0n) is 16.6. The van der Waals surface area contributed by atoms with Gasteiger partial charge in [0.25, 0.3) is 0 Å². The highest BCUT2D eigenvalue weighted by Crippen LogP contribution is 2.30. The van der Waals surface area contributed by atoms with Gasteiger partial charge in [-0.15, -0.1) is 0 Å². The van der Waals surface area contributed by atoms with Gasteiger partial charge in [0, 0.05) is 10.0 Å². The van der Waals surface area contributed by atoms with Gasteiger partial charge >= 0.3 is 0 Å². The summed E-state index contributed by atoms with van der Waals surface area (Å²) in [5, 5.41) is 1.48. The van der Waals surface area contributed by atoms with E-state index in [-0.39, 0.29) is 12.1 Å². The Balaban J connectivity index is 1.42. The van der Waals surface area contributed by atoms with Crippen molar-refractivity contribution in [2.75, 3.05) is 13.2 Å². The Morgan fingerprint density at radius 2 is 1.14 bits per heavy atom. The van der Waals surface area contributed by atoms with Crippen LogP contribution in [0.4, 0.5) is 0 Å². The van der Waals surface area contributed by atoms with Crippen LogP contribution in [0.5, 0.6) is 0 Å². The molecule has 0 unspecified atom stereocenters. The second-order valence-electron chi connectivity index (χ2n) is 8.08. The summed E-state index contributed by atoms with van der Waals surface area (Å²) in [6.45, 7) is 5.26. The molecule has 0 bridgehead atoms. The molecule has 0 saturated carbocycles. The Kier molecular flexibility index (Phi) is 5.84. The molecule has 2 atom stereocenters. The van der Waals surface area contributed by atoms with E-state index in [1.54, 1.807) is 0 Å². The van der Waals surface area contributed by atoms with Crippen molar-refractivity contribution >= 4 is 35.0 Å². The summed E-state index contributed by atoms with van der Waals surface area (Å²) < 4.78 is 11.9. The van der Waals surface area contributed by atoms with E-state index in [1.807, 2.05) is 48.5 Å². The maximum absolute atomic E-state index is 5.97. The van der Waals surface area contributed by atoms with Crippen LogP contribution in [0, 0.1) is 5.41 Å². The predicted octanol–water partition coefficient (Wildman–Crippen LogP) is 5.40. The van der Waals surface area contributed by atoms with Gasteiger partial charge in [0.05, 0.1) is 12.1 Å². The minimum absolute atomic E-state index is 0.0947. The molecule has 2 heterocycles. The summed E-state index contributed by atoms with van der Waals surface area (Å²) in [5.41, 5.74) is 1.91. The van der Waals surface area contributed by atoms with Crippen molar-refractivity contribution in [1.82, 2.24) is 0 Å². The molecular formula is C23H24Cl2N2O2. The second kappa shape index (κ2) is 8.37. The number of benzene rings is 2. The summed E-state index contributed by atoms with van der Waals surface area (Å²) in [5.74, 6) is 1.39. The van der Waals surface area contributed by atoms with Crippen LogP contribution in [0.15, 0.2) is 58.5 Å². The fraction of sp³-hybridized carbons (Fsp3) is 0.391. The van der Waals surface area contributed by atoms with E-state index in [0.29, 0.717) is 25.0 Å². The van der Waals surface area contributed by atoms with E-state index in [1.165, 1.54) is 11.1 Å². The zero-order valence-corrected chi connectivity index (χ0v) is 18.1. The quantitative estimate of drug-likeness (QED) is 0.615. The topological polar surface area (TPSA) is 43.2 Å². The molecule has 152 valence electrons. The van der Waals surface area contributed by atoms with Gasteiger partial charge in [-0.1, -0.05) is 47.5 Å². The first kappa shape index (κ1) is 20.2. The van der Waals surface area contributed by atoms with Gasteiger partial charge in [-0.3, -0.25) is 0 Å². The third kappa shape index (κ3) is 4.76. The molecule has 0 N–H and O–H groups in total. The SMILES string of the molecule is CC(C)(C1=N[C@H](Cc2ccc(Cl)cc2)CO1)C1=N[C@H](Cc2ccc(Cl)cc2)CO1. The van der Waals surface area contributed by atoms with Crippen molar-refractivity contribution in [2.45, 2.75) is 38.8 Å². The van der Waals surface area contributed by atoms with Gasteiger partial charge in [0.15, 0.2) is 11.8 Å². The standard InChI is InChI=1S/C23H24Cl2N2O2/c1-23(2,21-26-19(13-28-21)11-15-3-7-17(24)8-4-15)22-27-20(14-29-22)12-16-5-9-18(25)10-6-16/h3-10,19-20H,11-14H2,1-2H3/t19-,20-/m1/s1. The molecule has 2 aliphatic heterocycles. The average molecular weight is 431 g/mol.